The first-order valence-corrected chi connectivity index (χ1v) is 5.16. The average molecular weight is 174 g/mol. The lowest BCUT2D eigenvalue weighted by Gasteiger charge is -2.09. The molecule has 1 atom stereocenters. The Bertz CT molecular complexity index is 55.1. The van der Waals surface area contributed by atoms with Crippen LogP contribution in [0.25, 0.3) is 0 Å². The Morgan fingerprint density at radius 3 is 1.58 bits per heavy atom. The fourth-order valence-electron chi connectivity index (χ4n) is 0.822. The molecule has 0 radical (unpaired) electrons. The molecule has 0 heteroatoms. The SMILES string of the molecule is C.CC.CCC(C)CCC(C)C. The zero-order valence-corrected chi connectivity index (χ0v) is 9.28. The monoisotopic (exact) mass is 174 g/mol. The van der Waals surface area contributed by atoms with Gasteiger partial charge >= 0.3 is 0 Å². The van der Waals surface area contributed by atoms with E-state index in [-0.39, 0.29) is 7.43 Å². The first-order valence-electron chi connectivity index (χ1n) is 5.16. The number of hydrogen-bond donors (Lipinski definition) is 0. The Morgan fingerprint density at radius 1 is 0.917 bits per heavy atom. The van der Waals surface area contributed by atoms with Gasteiger partial charge in [0.2, 0.25) is 0 Å². The molecule has 0 nitrogen and oxygen atoms in total. The van der Waals surface area contributed by atoms with Crippen molar-refractivity contribution in [3.63, 3.8) is 0 Å². The maximum atomic E-state index is 2.34. The molecule has 0 aromatic rings. The summed E-state index contributed by atoms with van der Waals surface area (Å²) < 4.78 is 0. The third kappa shape index (κ3) is 16.5. The molecule has 0 aromatic carbocycles. The molecule has 0 saturated carbocycles. The summed E-state index contributed by atoms with van der Waals surface area (Å²) in [4.78, 5) is 0. The average Bonchev–Trinajstić information content (AvgIpc) is 2.04. The lowest BCUT2D eigenvalue weighted by Crippen LogP contribution is -1.95. The van der Waals surface area contributed by atoms with Gasteiger partial charge in [0.1, 0.15) is 0 Å². The summed E-state index contributed by atoms with van der Waals surface area (Å²) in [5.74, 6) is 1.83. The van der Waals surface area contributed by atoms with Crippen LogP contribution in [-0.4, -0.2) is 0 Å². The Balaban J connectivity index is -0.000000249. The van der Waals surface area contributed by atoms with Gasteiger partial charge in [-0.3, -0.25) is 0 Å². The molecule has 0 aliphatic heterocycles. The fraction of sp³-hybridized carbons (Fsp3) is 1.00. The molecule has 0 bridgehead atoms. The molecular weight excluding hydrogens is 144 g/mol. The highest BCUT2D eigenvalue weighted by Crippen LogP contribution is 2.13. The zero-order valence-electron chi connectivity index (χ0n) is 9.28. The zero-order chi connectivity index (χ0) is 9.28. The minimum absolute atomic E-state index is 0. The van der Waals surface area contributed by atoms with Crippen molar-refractivity contribution in [2.24, 2.45) is 11.8 Å². The van der Waals surface area contributed by atoms with Gasteiger partial charge in [-0.25, -0.2) is 0 Å². The molecule has 0 aromatic heterocycles. The van der Waals surface area contributed by atoms with Crippen LogP contribution in [0, 0.1) is 11.8 Å². The van der Waals surface area contributed by atoms with Crippen molar-refractivity contribution in [1.82, 2.24) is 0 Å². The van der Waals surface area contributed by atoms with Crippen molar-refractivity contribution < 1.29 is 0 Å². The predicted molar refractivity (Wildman–Crippen MR) is 61.6 cm³/mol. The third-order valence-corrected chi connectivity index (χ3v) is 1.93. The highest BCUT2D eigenvalue weighted by Gasteiger charge is 1.99. The highest BCUT2D eigenvalue weighted by atomic mass is 14.1. The quantitative estimate of drug-likeness (QED) is 0.554. The van der Waals surface area contributed by atoms with Crippen molar-refractivity contribution in [3.8, 4) is 0 Å². The Morgan fingerprint density at radius 2 is 1.33 bits per heavy atom. The second-order valence-corrected chi connectivity index (χ2v) is 3.48. The van der Waals surface area contributed by atoms with Gasteiger partial charge in [-0.15, -0.1) is 0 Å². The second-order valence-electron chi connectivity index (χ2n) is 3.48. The summed E-state index contributed by atoms with van der Waals surface area (Å²) in [6.07, 6.45) is 4.15. The predicted octanol–water partition coefficient (Wildman–Crippen LogP) is 5.13. The molecule has 0 aliphatic carbocycles. The van der Waals surface area contributed by atoms with E-state index in [1.165, 1.54) is 19.3 Å². The first kappa shape index (κ1) is 17.9. The summed E-state index contributed by atoms with van der Waals surface area (Å²) in [5, 5.41) is 0. The van der Waals surface area contributed by atoms with E-state index in [1.807, 2.05) is 13.8 Å². The molecule has 0 N–H and O–H groups in total. The molecule has 78 valence electrons. The molecule has 0 amide bonds. The maximum absolute atomic E-state index is 2.34. The Hall–Kier alpha value is 0. The minimum Gasteiger partial charge on any atom is -0.0776 e. The molecule has 12 heavy (non-hydrogen) atoms. The molecule has 0 fully saturated rings. The molecule has 0 aliphatic rings. The smallest absolute Gasteiger partial charge is 0.0445 e. The van der Waals surface area contributed by atoms with E-state index in [9.17, 15) is 0 Å². The summed E-state index contributed by atoms with van der Waals surface area (Å²) in [6, 6.07) is 0. The van der Waals surface area contributed by atoms with Crippen LogP contribution in [-0.2, 0) is 0 Å². The van der Waals surface area contributed by atoms with E-state index in [4.69, 9.17) is 0 Å². The normalized spacial score (nSPS) is 11.2. The van der Waals surface area contributed by atoms with Crippen LogP contribution in [0.1, 0.15) is 68.2 Å². The lowest BCUT2D eigenvalue weighted by atomic mass is 9.98. The lowest BCUT2D eigenvalue weighted by molar-refractivity contribution is 0.441. The second kappa shape index (κ2) is 13.6. The fourth-order valence-corrected chi connectivity index (χ4v) is 0.822. The molecule has 0 rings (SSSR count). The van der Waals surface area contributed by atoms with Crippen molar-refractivity contribution in [2.45, 2.75) is 68.2 Å². The van der Waals surface area contributed by atoms with Crippen LogP contribution in [0.4, 0.5) is 0 Å². The maximum Gasteiger partial charge on any atom is -0.0445 e. The third-order valence-electron chi connectivity index (χ3n) is 1.93. The summed E-state index contributed by atoms with van der Waals surface area (Å²) in [6.45, 7) is 13.2. The minimum atomic E-state index is 0. The van der Waals surface area contributed by atoms with Gasteiger partial charge < -0.3 is 0 Å². The standard InChI is InChI=1S/C9H20.C2H6.CH4/c1-5-9(4)7-6-8(2)3;1-2;/h8-9H,5-7H2,1-4H3;1-2H3;1H4. The van der Waals surface area contributed by atoms with Gasteiger partial charge in [0.15, 0.2) is 0 Å². The van der Waals surface area contributed by atoms with Crippen LogP contribution in [0.3, 0.4) is 0 Å². The molecule has 0 spiro atoms. The van der Waals surface area contributed by atoms with Gasteiger partial charge in [-0.2, -0.15) is 0 Å². The number of hydrogen-bond acceptors (Lipinski definition) is 0. The van der Waals surface area contributed by atoms with E-state index in [2.05, 4.69) is 27.7 Å². The Kier molecular flexibility index (Phi) is 20.3. The van der Waals surface area contributed by atoms with Crippen LogP contribution in [0.15, 0.2) is 0 Å². The van der Waals surface area contributed by atoms with E-state index in [1.54, 1.807) is 0 Å². The van der Waals surface area contributed by atoms with Gasteiger partial charge in [-0.1, -0.05) is 68.2 Å². The molecule has 1 unspecified atom stereocenters. The van der Waals surface area contributed by atoms with Gasteiger partial charge in [0.05, 0.1) is 0 Å². The summed E-state index contributed by atoms with van der Waals surface area (Å²) >= 11 is 0. The molecule has 0 heterocycles. The summed E-state index contributed by atoms with van der Waals surface area (Å²) in [7, 11) is 0. The van der Waals surface area contributed by atoms with Gasteiger partial charge in [0, 0.05) is 0 Å². The highest BCUT2D eigenvalue weighted by molar-refractivity contribution is 4.52. The number of rotatable bonds is 4. The molecule has 0 saturated heterocycles. The Labute approximate surface area is 80.8 Å². The topological polar surface area (TPSA) is 0 Å². The van der Waals surface area contributed by atoms with Crippen molar-refractivity contribution in [3.05, 3.63) is 0 Å². The van der Waals surface area contributed by atoms with E-state index in [0.29, 0.717) is 0 Å². The van der Waals surface area contributed by atoms with E-state index < -0.39 is 0 Å². The van der Waals surface area contributed by atoms with Crippen LogP contribution >= 0.6 is 0 Å². The van der Waals surface area contributed by atoms with Crippen molar-refractivity contribution in [2.75, 3.05) is 0 Å². The van der Waals surface area contributed by atoms with E-state index >= 15 is 0 Å². The first-order chi connectivity index (χ1) is 5.16. The van der Waals surface area contributed by atoms with Gasteiger partial charge in [-0.05, 0) is 11.8 Å². The summed E-state index contributed by atoms with van der Waals surface area (Å²) in [5.41, 5.74) is 0. The van der Waals surface area contributed by atoms with Crippen LogP contribution in [0.5, 0.6) is 0 Å². The van der Waals surface area contributed by atoms with Crippen LogP contribution < -0.4 is 0 Å². The van der Waals surface area contributed by atoms with Crippen molar-refractivity contribution >= 4 is 0 Å². The molecular formula is C12H30. The largest absolute Gasteiger partial charge is 0.0776 e. The van der Waals surface area contributed by atoms with E-state index in [0.717, 1.165) is 11.8 Å². The van der Waals surface area contributed by atoms with Crippen LogP contribution in [0.2, 0.25) is 0 Å². The van der Waals surface area contributed by atoms with Crippen molar-refractivity contribution in [1.29, 1.82) is 0 Å². The van der Waals surface area contributed by atoms with Gasteiger partial charge in [0.25, 0.3) is 0 Å².